The minimum Gasteiger partial charge on any atom is -0.264 e. The molecule has 0 aromatic heterocycles. The van der Waals surface area contributed by atoms with E-state index < -0.39 is 6.04 Å². The van der Waals surface area contributed by atoms with E-state index >= 15 is 0 Å². The number of hydrogen-bond donors (Lipinski definition) is 0. The van der Waals surface area contributed by atoms with Crippen molar-refractivity contribution in [3.05, 3.63) is 22.4 Å². The summed E-state index contributed by atoms with van der Waals surface area (Å²) in [4.78, 5) is 13.6. The molecule has 4 nitrogen and oxygen atoms in total. The number of aliphatic imine (C=N–C) groups is 1. The predicted octanol–water partition coefficient (Wildman–Crippen LogP) is 0.866. The van der Waals surface area contributed by atoms with Crippen molar-refractivity contribution in [3.8, 4) is 0 Å². The van der Waals surface area contributed by atoms with E-state index in [9.17, 15) is 10.1 Å². The maximum atomic E-state index is 10.2. The second-order valence-corrected chi connectivity index (χ2v) is 2.27. The van der Waals surface area contributed by atoms with Crippen LogP contribution < -0.4 is 0 Å². The molecule has 2 atom stereocenters. The zero-order chi connectivity index (χ0) is 7.56. The summed E-state index contributed by atoms with van der Waals surface area (Å²) in [6.45, 7) is 1.80. The zero-order valence-electron chi connectivity index (χ0n) is 5.60. The van der Waals surface area contributed by atoms with E-state index in [4.69, 9.17) is 0 Å². The molecule has 10 heavy (non-hydrogen) atoms. The smallest absolute Gasteiger partial charge is 0.253 e. The Hall–Kier alpha value is -1.19. The molecule has 1 rings (SSSR count). The highest BCUT2D eigenvalue weighted by Crippen LogP contribution is 2.09. The lowest BCUT2D eigenvalue weighted by Crippen LogP contribution is -2.28. The number of rotatable bonds is 1. The molecule has 0 aliphatic carbocycles. The van der Waals surface area contributed by atoms with Crippen LogP contribution in [0.1, 0.15) is 6.92 Å². The summed E-state index contributed by atoms with van der Waals surface area (Å²) < 4.78 is 0. The SMILES string of the molecule is CC1C=CN=CC1[N+](=O)[O-]. The van der Waals surface area contributed by atoms with Crippen molar-refractivity contribution in [3.63, 3.8) is 0 Å². The topological polar surface area (TPSA) is 55.5 Å². The maximum Gasteiger partial charge on any atom is 0.253 e. The van der Waals surface area contributed by atoms with Gasteiger partial charge in [-0.25, -0.2) is 0 Å². The fourth-order valence-corrected chi connectivity index (χ4v) is 0.819. The van der Waals surface area contributed by atoms with Gasteiger partial charge < -0.3 is 0 Å². The molecular formula is C6H8N2O2. The van der Waals surface area contributed by atoms with Crippen LogP contribution in [0.5, 0.6) is 0 Å². The molecule has 0 aromatic rings. The summed E-state index contributed by atoms with van der Waals surface area (Å²) in [5.41, 5.74) is 0. The fourth-order valence-electron chi connectivity index (χ4n) is 0.819. The molecule has 4 heteroatoms. The molecule has 2 unspecified atom stereocenters. The minimum absolute atomic E-state index is 0.0347. The van der Waals surface area contributed by atoms with Gasteiger partial charge in [-0.2, -0.15) is 0 Å². The van der Waals surface area contributed by atoms with Gasteiger partial charge in [0.15, 0.2) is 0 Å². The Morgan fingerprint density at radius 2 is 2.40 bits per heavy atom. The Morgan fingerprint density at radius 3 is 2.80 bits per heavy atom. The van der Waals surface area contributed by atoms with Crippen molar-refractivity contribution in [1.29, 1.82) is 0 Å². The normalized spacial score (nSPS) is 30.5. The Labute approximate surface area is 58.4 Å². The van der Waals surface area contributed by atoms with E-state index in [1.54, 1.807) is 19.2 Å². The highest BCUT2D eigenvalue weighted by atomic mass is 16.6. The summed E-state index contributed by atoms with van der Waals surface area (Å²) in [5.74, 6) is -0.0347. The molecular weight excluding hydrogens is 132 g/mol. The largest absolute Gasteiger partial charge is 0.264 e. The van der Waals surface area contributed by atoms with Gasteiger partial charge in [0, 0.05) is 17.0 Å². The first kappa shape index (κ1) is 6.92. The lowest BCUT2D eigenvalue weighted by molar-refractivity contribution is -0.507. The second-order valence-electron chi connectivity index (χ2n) is 2.27. The van der Waals surface area contributed by atoms with Gasteiger partial charge in [0.25, 0.3) is 6.04 Å². The van der Waals surface area contributed by atoms with Crippen LogP contribution in [-0.4, -0.2) is 17.2 Å². The first-order valence-corrected chi connectivity index (χ1v) is 3.05. The van der Waals surface area contributed by atoms with Crippen LogP contribution in [0, 0.1) is 16.0 Å². The van der Waals surface area contributed by atoms with Crippen LogP contribution in [0.4, 0.5) is 0 Å². The summed E-state index contributed by atoms with van der Waals surface area (Å²) in [7, 11) is 0. The van der Waals surface area contributed by atoms with Crippen LogP contribution in [0.15, 0.2) is 17.3 Å². The van der Waals surface area contributed by atoms with Gasteiger partial charge in [0.2, 0.25) is 0 Å². The maximum absolute atomic E-state index is 10.2. The van der Waals surface area contributed by atoms with E-state index in [0.29, 0.717) is 0 Å². The van der Waals surface area contributed by atoms with E-state index in [2.05, 4.69) is 4.99 Å². The quantitative estimate of drug-likeness (QED) is 0.400. The van der Waals surface area contributed by atoms with Crippen molar-refractivity contribution in [2.24, 2.45) is 10.9 Å². The Balaban J connectivity index is 2.70. The van der Waals surface area contributed by atoms with Crippen LogP contribution in [-0.2, 0) is 0 Å². The highest BCUT2D eigenvalue weighted by molar-refractivity contribution is 5.65. The van der Waals surface area contributed by atoms with Crippen molar-refractivity contribution < 1.29 is 4.92 Å². The molecule has 0 saturated heterocycles. The third-order valence-electron chi connectivity index (χ3n) is 1.50. The molecule has 54 valence electrons. The van der Waals surface area contributed by atoms with Crippen LogP contribution in [0.25, 0.3) is 0 Å². The summed E-state index contributed by atoms with van der Waals surface area (Å²) in [6.07, 6.45) is 4.68. The molecule has 0 N–H and O–H groups in total. The van der Waals surface area contributed by atoms with Gasteiger partial charge in [-0.3, -0.25) is 15.1 Å². The van der Waals surface area contributed by atoms with Gasteiger partial charge in [-0.05, 0) is 0 Å². The van der Waals surface area contributed by atoms with Gasteiger partial charge in [0.05, 0.1) is 6.21 Å². The molecule has 1 heterocycles. The average molecular weight is 140 g/mol. The third kappa shape index (κ3) is 1.21. The predicted molar refractivity (Wildman–Crippen MR) is 37.6 cm³/mol. The lowest BCUT2D eigenvalue weighted by Gasteiger charge is -2.10. The molecule has 0 aromatic carbocycles. The first-order chi connectivity index (χ1) is 4.72. The molecule has 0 spiro atoms. The van der Waals surface area contributed by atoms with Gasteiger partial charge in [0.1, 0.15) is 0 Å². The molecule has 0 bridgehead atoms. The van der Waals surface area contributed by atoms with E-state index in [0.717, 1.165) is 0 Å². The average Bonchev–Trinajstić information content (AvgIpc) is 1.88. The van der Waals surface area contributed by atoms with E-state index in [1.807, 2.05) is 0 Å². The Bertz CT molecular complexity index is 198. The van der Waals surface area contributed by atoms with Crippen molar-refractivity contribution >= 4 is 6.21 Å². The van der Waals surface area contributed by atoms with E-state index in [-0.39, 0.29) is 10.8 Å². The van der Waals surface area contributed by atoms with Crippen molar-refractivity contribution in [2.75, 3.05) is 0 Å². The van der Waals surface area contributed by atoms with Gasteiger partial charge >= 0.3 is 0 Å². The number of hydrogen-bond acceptors (Lipinski definition) is 3. The number of nitrogens with zero attached hydrogens (tertiary/aromatic N) is 2. The van der Waals surface area contributed by atoms with Crippen molar-refractivity contribution in [1.82, 2.24) is 0 Å². The van der Waals surface area contributed by atoms with Gasteiger partial charge in [-0.1, -0.05) is 13.0 Å². The van der Waals surface area contributed by atoms with E-state index in [1.165, 1.54) is 6.21 Å². The third-order valence-corrected chi connectivity index (χ3v) is 1.50. The molecule has 0 amide bonds. The Morgan fingerprint density at radius 1 is 1.70 bits per heavy atom. The van der Waals surface area contributed by atoms with Crippen LogP contribution >= 0.6 is 0 Å². The minimum atomic E-state index is -0.634. The second kappa shape index (κ2) is 2.60. The molecule has 1 aliphatic rings. The lowest BCUT2D eigenvalue weighted by atomic mass is 10.0. The molecule has 0 radical (unpaired) electrons. The molecule has 0 saturated carbocycles. The summed E-state index contributed by atoms with van der Waals surface area (Å²) in [6, 6.07) is -0.634. The van der Waals surface area contributed by atoms with Crippen LogP contribution in [0.2, 0.25) is 0 Å². The van der Waals surface area contributed by atoms with Crippen molar-refractivity contribution in [2.45, 2.75) is 13.0 Å². The zero-order valence-corrected chi connectivity index (χ0v) is 5.60. The first-order valence-electron chi connectivity index (χ1n) is 3.05. The standard InChI is InChI=1S/C6H8N2O2/c1-5-2-3-7-4-6(5)8(9)10/h2-6H,1H3. The van der Waals surface area contributed by atoms with Gasteiger partial charge in [-0.15, -0.1) is 0 Å². The molecule has 0 fully saturated rings. The fraction of sp³-hybridized carbons (Fsp3) is 0.500. The molecule has 1 aliphatic heterocycles. The number of nitro groups is 1. The summed E-state index contributed by atoms with van der Waals surface area (Å²) >= 11 is 0. The highest BCUT2D eigenvalue weighted by Gasteiger charge is 2.24. The summed E-state index contributed by atoms with van der Waals surface area (Å²) in [5, 5.41) is 10.2. The Kier molecular flexibility index (Phi) is 1.80. The monoisotopic (exact) mass is 140 g/mol. The van der Waals surface area contributed by atoms with Crippen LogP contribution in [0.3, 0.4) is 0 Å².